The highest BCUT2D eigenvalue weighted by molar-refractivity contribution is 7.71. The summed E-state index contributed by atoms with van der Waals surface area (Å²) in [7, 11) is 1.72. The van der Waals surface area contributed by atoms with Gasteiger partial charge < -0.3 is 9.72 Å². The summed E-state index contributed by atoms with van der Waals surface area (Å²) in [6.45, 7) is 7.19. The second-order valence-corrected chi connectivity index (χ2v) is 6.22. The number of H-pyrrole nitrogens is 1. The van der Waals surface area contributed by atoms with Crippen molar-refractivity contribution in [2.24, 2.45) is 0 Å². The molecule has 0 saturated heterocycles. The fraction of sp³-hybridized carbons (Fsp3) is 0.412. The molecule has 0 saturated carbocycles. The number of ether oxygens (including phenoxy) is 1. The molecule has 0 radical (unpaired) electrons. The van der Waals surface area contributed by atoms with E-state index in [9.17, 15) is 0 Å². The maximum Gasteiger partial charge on any atom is 0.196 e. The monoisotopic (exact) mass is 315 g/mol. The Kier molecular flexibility index (Phi) is 4.27. The summed E-state index contributed by atoms with van der Waals surface area (Å²) in [6.07, 6.45) is 2.90. The third-order valence-electron chi connectivity index (χ3n) is 4.52. The number of aromatic amines is 1. The van der Waals surface area contributed by atoms with E-state index >= 15 is 0 Å². The van der Waals surface area contributed by atoms with Crippen LogP contribution in [0.15, 0.2) is 18.3 Å². The molecule has 2 aromatic rings. The molecule has 1 aromatic carbocycles. The molecule has 116 valence electrons. The molecule has 1 aliphatic rings. The highest BCUT2D eigenvalue weighted by Crippen LogP contribution is 2.26. The largest absolute Gasteiger partial charge is 0.496 e. The van der Waals surface area contributed by atoms with Gasteiger partial charge in [0.05, 0.1) is 7.11 Å². The number of rotatable bonds is 3. The smallest absolute Gasteiger partial charge is 0.196 e. The lowest BCUT2D eigenvalue weighted by molar-refractivity contribution is 0.242. The normalized spacial score (nSPS) is 14.7. The molecule has 3 rings (SSSR count). The van der Waals surface area contributed by atoms with Gasteiger partial charge in [-0.3, -0.25) is 4.90 Å². The summed E-state index contributed by atoms with van der Waals surface area (Å²) < 4.78 is 5.97. The molecule has 1 N–H and O–H groups in total. The van der Waals surface area contributed by atoms with Gasteiger partial charge in [-0.1, -0.05) is 6.07 Å². The lowest BCUT2D eigenvalue weighted by Crippen LogP contribution is -2.31. The van der Waals surface area contributed by atoms with E-state index < -0.39 is 0 Å². The number of methoxy groups -OCH3 is 1. The van der Waals surface area contributed by atoms with Gasteiger partial charge in [-0.25, -0.2) is 4.98 Å². The van der Waals surface area contributed by atoms with Gasteiger partial charge in [0.15, 0.2) is 4.77 Å². The van der Waals surface area contributed by atoms with Crippen molar-refractivity contribution in [2.75, 3.05) is 13.7 Å². The van der Waals surface area contributed by atoms with E-state index in [4.69, 9.17) is 17.0 Å². The van der Waals surface area contributed by atoms with Gasteiger partial charge in [-0.15, -0.1) is 0 Å². The van der Waals surface area contributed by atoms with Crippen molar-refractivity contribution in [1.82, 2.24) is 14.9 Å². The Bertz CT molecular complexity index is 754. The van der Waals surface area contributed by atoms with E-state index in [1.54, 1.807) is 7.11 Å². The minimum atomic E-state index is 0.578. The van der Waals surface area contributed by atoms with Crippen molar-refractivity contribution in [1.29, 1.82) is 0 Å². The maximum atomic E-state index is 5.39. The van der Waals surface area contributed by atoms with Gasteiger partial charge in [0.1, 0.15) is 5.75 Å². The lowest BCUT2D eigenvalue weighted by Gasteiger charge is -2.29. The van der Waals surface area contributed by atoms with Crippen molar-refractivity contribution in [2.45, 2.75) is 33.4 Å². The van der Waals surface area contributed by atoms with Crippen LogP contribution >= 0.6 is 12.2 Å². The Balaban J connectivity index is 1.79. The third-order valence-corrected chi connectivity index (χ3v) is 4.73. The summed E-state index contributed by atoms with van der Waals surface area (Å²) in [4.78, 5) is 9.87. The SMILES string of the molecule is COc1ccc(CN2CCc3[nH]c(=S)ncc3C2)c(C)c1C. The van der Waals surface area contributed by atoms with Crippen LogP contribution in [0.3, 0.4) is 0 Å². The van der Waals surface area contributed by atoms with E-state index in [0.717, 1.165) is 31.8 Å². The zero-order chi connectivity index (χ0) is 15.7. The molecule has 22 heavy (non-hydrogen) atoms. The van der Waals surface area contributed by atoms with Crippen molar-refractivity contribution in [3.8, 4) is 5.75 Å². The zero-order valence-corrected chi connectivity index (χ0v) is 14.1. The topological polar surface area (TPSA) is 41.1 Å². The summed E-state index contributed by atoms with van der Waals surface area (Å²) in [5.41, 5.74) is 6.39. The van der Waals surface area contributed by atoms with Crippen LogP contribution < -0.4 is 4.74 Å². The molecule has 1 aliphatic heterocycles. The van der Waals surface area contributed by atoms with E-state index in [0.29, 0.717) is 4.77 Å². The second kappa shape index (κ2) is 6.18. The molecule has 0 aliphatic carbocycles. The number of aromatic nitrogens is 2. The molecule has 0 unspecified atom stereocenters. The number of hydrogen-bond acceptors (Lipinski definition) is 4. The molecule has 0 amide bonds. The highest BCUT2D eigenvalue weighted by atomic mass is 32.1. The molecular weight excluding hydrogens is 294 g/mol. The average molecular weight is 315 g/mol. The van der Waals surface area contributed by atoms with Crippen LogP contribution in [0, 0.1) is 18.6 Å². The Morgan fingerprint density at radius 2 is 2.14 bits per heavy atom. The minimum absolute atomic E-state index is 0.578. The molecule has 0 bridgehead atoms. The van der Waals surface area contributed by atoms with Crippen LogP contribution in [-0.4, -0.2) is 28.5 Å². The second-order valence-electron chi connectivity index (χ2n) is 5.83. The van der Waals surface area contributed by atoms with Crippen LogP contribution in [-0.2, 0) is 19.5 Å². The van der Waals surface area contributed by atoms with Crippen molar-refractivity contribution in [3.05, 3.63) is 51.0 Å². The molecule has 1 aromatic heterocycles. The van der Waals surface area contributed by atoms with Crippen molar-refractivity contribution < 1.29 is 4.74 Å². The Labute approximate surface area is 136 Å². The van der Waals surface area contributed by atoms with Gasteiger partial charge in [0, 0.05) is 43.5 Å². The van der Waals surface area contributed by atoms with Crippen LogP contribution in [0.25, 0.3) is 0 Å². The van der Waals surface area contributed by atoms with Gasteiger partial charge >= 0.3 is 0 Å². The number of benzene rings is 1. The Morgan fingerprint density at radius 1 is 1.32 bits per heavy atom. The molecule has 2 heterocycles. The van der Waals surface area contributed by atoms with Gasteiger partial charge in [-0.2, -0.15) is 0 Å². The van der Waals surface area contributed by atoms with Crippen molar-refractivity contribution >= 4 is 12.2 Å². The molecule has 5 heteroatoms. The maximum absolute atomic E-state index is 5.39. The van der Waals surface area contributed by atoms with Crippen LogP contribution in [0.1, 0.15) is 27.9 Å². The third kappa shape index (κ3) is 2.91. The number of nitrogens with zero attached hydrogens (tertiary/aromatic N) is 2. The van der Waals surface area contributed by atoms with Crippen LogP contribution in [0.2, 0.25) is 0 Å². The standard InChI is InChI=1S/C17H21N3OS/c1-11-12(2)16(21-3)5-4-13(11)9-20-7-6-15-14(10-20)8-18-17(22)19-15/h4-5,8H,6-7,9-10H2,1-3H3,(H,18,19,22). The lowest BCUT2D eigenvalue weighted by atomic mass is 10.0. The Morgan fingerprint density at radius 3 is 2.91 bits per heavy atom. The van der Waals surface area contributed by atoms with E-state index in [2.05, 4.69) is 40.8 Å². The first-order valence-electron chi connectivity index (χ1n) is 7.51. The molecule has 4 nitrogen and oxygen atoms in total. The predicted molar refractivity (Wildman–Crippen MR) is 89.7 cm³/mol. The van der Waals surface area contributed by atoms with E-state index in [1.165, 1.54) is 27.9 Å². The predicted octanol–water partition coefficient (Wildman–Crippen LogP) is 3.32. The first kappa shape index (κ1) is 15.2. The fourth-order valence-corrected chi connectivity index (χ4v) is 3.20. The fourth-order valence-electron chi connectivity index (χ4n) is 3.03. The molecular formula is C17H21N3OS. The summed E-state index contributed by atoms with van der Waals surface area (Å²) in [5, 5.41) is 0. The Hall–Kier alpha value is -1.72. The number of hydrogen-bond donors (Lipinski definition) is 1. The van der Waals surface area contributed by atoms with Crippen LogP contribution in [0.5, 0.6) is 5.75 Å². The number of nitrogens with one attached hydrogen (secondary N) is 1. The van der Waals surface area contributed by atoms with Crippen LogP contribution in [0.4, 0.5) is 0 Å². The van der Waals surface area contributed by atoms with Gasteiger partial charge in [0.25, 0.3) is 0 Å². The van der Waals surface area contributed by atoms with Gasteiger partial charge in [0.2, 0.25) is 0 Å². The molecule has 0 fully saturated rings. The van der Waals surface area contributed by atoms with Gasteiger partial charge in [-0.05, 0) is 48.8 Å². The summed E-state index contributed by atoms with van der Waals surface area (Å²) in [5.74, 6) is 0.960. The molecule has 0 atom stereocenters. The summed E-state index contributed by atoms with van der Waals surface area (Å²) >= 11 is 5.09. The first-order valence-corrected chi connectivity index (χ1v) is 7.92. The average Bonchev–Trinajstić information content (AvgIpc) is 2.52. The van der Waals surface area contributed by atoms with E-state index in [-0.39, 0.29) is 0 Å². The zero-order valence-electron chi connectivity index (χ0n) is 13.3. The van der Waals surface area contributed by atoms with Crippen molar-refractivity contribution in [3.63, 3.8) is 0 Å². The number of fused-ring (bicyclic) bond motifs is 1. The molecule has 0 spiro atoms. The highest BCUT2D eigenvalue weighted by Gasteiger charge is 2.18. The first-order chi connectivity index (χ1) is 10.6. The minimum Gasteiger partial charge on any atom is -0.496 e. The van der Waals surface area contributed by atoms with E-state index in [1.807, 2.05) is 6.20 Å². The quantitative estimate of drug-likeness (QED) is 0.882. The summed E-state index contributed by atoms with van der Waals surface area (Å²) in [6, 6.07) is 4.24.